The van der Waals surface area contributed by atoms with Crippen LogP contribution in [0.2, 0.25) is 0 Å². The molecule has 0 bridgehead atoms. The van der Waals surface area contributed by atoms with Gasteiger partial charge < -0.3 is 30.8 Å². The van der Waals surface area contributed by atoms with Gasteiger partial charge in [-0.2, -0.15) is 0 Å². The standard InChI is InChI=1S/C23H28FN7O3/c1-14(32)28-11-23(2)12-33-21(34-13-23)20-30-18(15-3-5-16(24)6-4-15)19(31-20)17-7-9-26-22(29-17)27-10-8-25/h3-7,9,21H,8,10-13,25H2,1-2H3,(H,28,32)(H,30,31)(H,26,27,29). The van der Waals surface area contributed by atoms with E-state index in [1.165, 1.54) is 19.1 Å². The van der Waals surface area contributed by atoms with Crippen molar-refractivity contribution in [2.45, 2.75) is 20.1 Å². The number of nitrogens with one attached hydrogen (secondary N) is 3. The van der Waals surface area contributed by atoms with Crippen LogP contribution >= 0.6 is 0 Å². The highest BCUT2D eigenvalue weighted by Crippen LogP contribution is 2.35. The number of hydrogen-bond donors (Lipinski definition) is 4. The van der Waals surface area contributed by atoms with Gasteiger partial charge in [0.25, 0.3) is 0 Å². The van der Waals surface area contributed by atoms with Gasteiger partial charge in [-0.3, -0.25) is 4.79 Å². The second-order valence-electron chi connectivity index (χ2n) is 8.51. The van der Waals surface area contributed by atoms with Gasteiger partial charge >= 0.3 is 0 Å². The maximum atomic E-state index is 13.5. The molecule has 3 heterocycles. The predicted octanol–water partition coefficient (Wildman–Crippen LogP) is 2.23. The first kappa shape index (κ1) is 23.7. The van der Waals surface area contributed by atoms with Gasteiger partial charge in [-0.1, -0.05) is 6.92 Å². The van der Waals surface area contributed by atoms with Crippen LogP contribution in [0.25, 0.3) is 22.6 Å². The maximum Gasteiger partial charge on any atom is 0.223 e. The maximum absolute atomic E-state index is 13.5. The van der Waals surface area contributed by atoms with E-state index >= 15 is 0 Å². The summed E-state index contributed by atoms with van der Waals surface area (Å²) < 4.78 is 25.5. The SMILES string of the molecule is CC(=O)NCC1(C)COC(c2nc(-c3ccc(F)cc3)c(-c3ccnc(NCCN)n3)[nH]2)OC1. The number of nitrogens with zero attached hydrogens (tertiary/aromatic N) is 3. The van der Waals surface area contributed by atoms with E-state index in [2.05, 4.69) is 25.6 Å². The summed E-state index contributed by atoms with van der Waals surface area (Å²) in [7, 11) is 0. The molecular formula is C23H28FN7O3. The molecule has 3 aromatic rings. The van der Waals surface area contributed by atoms with Crippen molar-refractivity contribution in [1.82, 2.24) is 25.3 Å². The van der Waals surface area contributed by atoms with Crippen molar-refractivity contribution in [3.63, 3.8) is 0 Å². The molecule has 1 fully saturated rings. The van der Waals surface area contributed by atoms with Crippen LogP contribution in [0.15, 0.2) is 36.5 Å². The van der Waals surface area contributed by atoms with Gasteiger partial charge in [0.15, 0.2) is 5.82 Å². The summed E-state index contributed by atoms with van der Waals surface area (Å²) in [6.07, 6.45) is 0.909. The monoisotopic (exact) mass is 469 g/mol. The molecule has 0 aliphatic carbocycles. The molecule has 1 amide bonds. The number of hydrogen-bond acceptors (Lipinski definition) is 8. The normalized spacial score (nSPS) is 20.2. The Hall–Kier alpha value is -3.41. The lowest BCUT2D eigenvalue weighted by Crippen LogP contribution is -2.45. The Labute approximate surface area is 196 Å². The van der Waals surface area contributed by atoms with E-state index in [9.17, 15) is 9.18 Å². The number of carbonyl (C=O) groups excluding carboxylic acids is 1. The fraction of sp³-hybridized carbons (Fsp3) is 0.391. The number of carbonyl (C=O) groups is 1. The number of benzene rings is 1. The first-order valence-electron chi connectivity index (χ1n) is 11.0. The predicted molar refractivity (Wildman–Crippen MR) is 124 cm³/mol. The molecule has 4 rings (SSSR count). The third-order valence-electron chi connectivity index (χ3n) is 5.33. The number of anilines is 1. The molecule has 0 spiro atoms. The van der Waals surface area contributed by atoms with Crippen LogP contribution in [0.3, 0.4) is 0 Å². The quantitative estimate of drug-likeness (QED) is 0.394. The third-order valence-corrected chi connectivity index (χ3v) is 5.33. The number of amides is 1. The molecule has 1 aromatic carbocycles. The topological polar surface area (TPSA) is 140 Å². The lowest BCUT2D eigenvalue weighted by molar-refractivity contribution is -0.232. The first-order valence-corrected chi connectivity index (χ1v) is 11.0. The average molecular weight is 470 g/mol. The van der Waals surface area contributed by atoms with Crippen LogP contribution in [0.4, 0.5) is 10.3 Å². The minimum atomic E-state index is -0.727. The van der Waals surface area contributed by atoms with E-state index < -0.39 is 6.29 Å². The van der Waals surface area contributed by atoms with E-state index in [-0.39, 0.29) is 17.1 Å². The molecule has 1 aliphatic rings. The number of nitrogens with two attached hydrogens (primary N) is 1. The minimum absolute atomic E-state index is 0.104. The lowest BCUT2D eigenvalue weighted by Gasteiger charge is -2.36. The van der Waals surface area contributed by atoms with Gasteiger partial charge in [-0.15, -0.1) is 0 Å². The van der Waals surface area contributed by atoms with E-state index in [1.807, 2.05) is 6.92 Å². The summed E-state index contributed by atoms with van der Waals surface area (Å²) in [5, 5.41) is 5.87. The van der Waals surface area contributed by atoms with Crippen molar-refractivity contribution in [3.05, 3.63) is 48.2 Å². The number of H-pyrrole nitrogens is 1. The molecule has 180 valence electrons. The molecule has 1 saturated heterocycles. The number of aromatic amines is 1. The fourth-order valence-electron chi connectivity index (χ4n) is 3.51. The van der Waals surface area contributed by atoms with Gasteiger partial charge in [-0.05, 0) is 30.3 Å². The molecule has 11 heteroatoms. The Morgan fingerprint density at radius 1 is 1.24 bits per heavy atom. The van der Waals surface area contributed by atoms with Crippen molar-refractivity contribution in [2.75, 3.05) is 38.2 Å². The minimum Gasteiger partial charge on any atom is -0.356 e. The number of aromatic nitrogens is 4. The van der Waals surface area contributed by atoms with Crippen molar-refractivity contribution in [1.29, 1.82) is 0 Å². The van der Waals surface area contributed by atoms with Crippen LogP contribution in [-0.2, 0) is 14.3 Å². The fourth-order valence-corrected chi connectivity index (χ4v) is 3.51. The van der Waals surface area contributed by atoms with Crippen LogP contribution in [0, 0.1) is 11.2 Å². The van der Waals surface area contributed by atoms with E-state index in [1.54, 1.807) is 24.4 Å². The van der Waals surface area contributed by atoms with E-state index in [0.29, 0.717) is 67.3 Å². The van der Waals surface area contributed by atoms with Gasteiger partial charge in [0.2, 0.25) is 18.1 Å². The zero-order chi connectivity index (χ0) is 24.1. The van der Waals surface area contributed by atoms with Gasteiger partial charge in [0.05, 0.1) is 30.3 Å². The molecule has 2 aromatic heterocycles. The highest BCUT2D eigenvalue weighted by atomic mass is 19.1. The number of imidazole rings is 1. The molecule has 10 nitrogen and oxygen atoms in total. The van der Waals surface area contributed by atoms with Gasteiger partial charge in [0, 0.05) is 43.7 Å². The Morgan fingerprint density at radius 2 is 1.97 bits per heavy atom. The van der Waals surface area contributed by atoms with Crippen LogP contribution in [0.1, 0.15) is 26.0 Å². The van der Waals surface area contributed by atoms with Crippen LogP contribution in [-0.4, -0.2) is 58.7 Å². The first-order chi connectivity index (χ1) is 16.4. The summed E-state index contributed by atoms with van der Waals surface area (Å²) in [5.41, 5.74) is 7.72. The Bertz CT molecular complexity index is 1130. The number of ether oxygens (including phenoxy) is 2. The highest BCUT2D eigenvalue weighted by molar-refractivity contribution is 5.77. The largest absolute Gasteiger partial charge is 0.356 e. The second kappa shape index (κ2) is 10.2. The van der Waals surface area contributed by atoms with Crippen LogP contribution in [0.5, 0.6) is 0 Å². The Morgan fingerprint density at radius 3 is 2.65 bits per heavy atom. The van der Waals surface area contributed by atoms with Gasteiger partial charge in [-0.25, -0.2) is 19.3 Å². The zero-order valence-electron chi connectivity index (χ0n) is 19.1. The summed E-state index contributed by atoms with van der Waals surface area (Å²) in [6, 6.07) is 7.82. The van der Waals surface area contributed by atoms with Crippen molar-refractivity contribution >= 4 is 11.9 Å². The lowest BCUT2D eigenvalue weighted by atomic mass is 9.92. The highest BCUT2D eigenvalue weighted by Gasteiger charge is 2.35. The van der Waals surface area contributed by atoms with Crippen molar-refractivity contribution < 1.29 is 18.7 Å². The molecule has 0 unspecified atom stereocenters. The molecule has 0 atom stereocenters. The summed E-state index contributed by atoms with van der Waals surface area (Å²) >= 11 is 0. The van der Waals surface area contributed by atoms with Crippen LogP contribution < -0.4 is 16.4 Å². The third kappa shape index (κ3) is 5.56. The molecular weight excluding hydrogens is 441 g/mol. The number of rotatable bonds is 8. The molecule has 0 radical (unpaired) electrons. The Kier molecular flexibility index (Phi) is 7.15. The summed E-state index contributed by atoms with van der Waals surface area (Å²) in [5.74, 6) is 0.455. The molecule has 34 heavy (non-hydrogen) atoms. The summed E-state index contributed by atoms with van der Waals surface area (Å²) in [6.45, 7) is 5.62. The smallest absolute Gasteiger partial charge is 0.223 e. The molecule has 0 saturated carbocycles. The van der Waals surface area contributed by atoms with E-state index in [4.69, 9.17) is 20.2 Å². The molecule has 1 aliphatic heterocycles. The Balaban J connectivity index is 1.63. The second-order valence-corrected chi connectivity index (χ2v) is 8.51. The zero-order valence-corrected chi connectivity index (χ0v) is 19.1. The van der Waals surface area contributed by atoms with Crippen molar-refractivity contribution in [3.8, 4) is 22.6 Å². The van der Waals surface area contributed by atoms with Gasteiger partial charge in [0.1, 0.15) is 5.82 Å². The average Bonchev–Trinajstić information content (AvgIpc) is 3.28. The van der Waals surface area contributed by atoms with Crippen molar-refractivity contribution in [2.24, 2.45) is 11.1 Å². The summed E-state index contributed by atoms with van der Waals surface area (Å²) in [4.78, 5) is 28.1. The molecule has 5 N–H and O–H groups in total. The number of halogens is 1. The van der Waals surface area contributed by atoms with E-state index in [0.717, 1.165) is 0 Å².